The molecule has 0 aliphatic carbocycles. The van der Waals surface area contributed by atoms with Crippen molar-refractivity contribution in [2.45, 2.75) is 32.4 Å². The number of nitrogens with zero attached hydrogens (tertiary/aromatic N) is 5. The Balaban J connectivity index is 1.99. The highest BCUT2D eigenvalue weighted by atomic mass is 15.5. The topological polar surface area (TPSA) is 58.9 Å². The molecule has 0 spiro atoms. The Bertz CT molecular complexity index is 537. The molecule has 0 bridgehead atoms. The molecule has 0 saturated carbocycles. The molecule has 0 fully saturated rings. The minimum Gasteiger partial charge on any atom is -0.309 e. The van der Waals surface area contributed by atoms with E-state index in [1.165, 1.54) is 5.56 Å². The van der Waals surface area contributed by atoms with E-state index in [1.807, 2.05) is 12.1 Å². The van der Waals surface area contributed by atoms with Crippen molar-refractivity contribution in [1.29, 1.82) is 0 Å². The number of benzene rings is 1. The molecule has 1 aromatic carbocycles. The highest BCUT2D eigenvalue weighted by Crippen LogP contribution is 2.17. The van der Waals surface area contributed by atoms with Gasteiger partial charge in [-0.15, -0.1) is 5.10 Å². The lowest BCUT2D eigenvalue weighted by atomic mass is 10.1. The summed E-state index contributed by atoms with van der Waals surface area (Å²) in [6.45, 7) is 5.50. The third-order valence-electron chi connectivity index (χ3n) is 3.53. The smallest absolute Gasteiger partial charge is 0.143 e. The van der Waals surface area contributed by atoms with Gasteiger partial charge in [0.25, 0.3) is 0 Å². The van der Waals surface area contributed by atoms with E-state index in [1.54, 1.807) is 11.0 Å². The Labute approximate surface area is 126 Å². The quantitative estimate of drug-likeness (QED) is 0.839. The fourth-order valence-corrected chi connectivity index (χ4v) is 2.27. The highest BCUT2D eigenvalue weighted by Gasteiger charge is 2.10. The maximum Gasteiger partial charge on any atom is 0.143 e. The average Bonchev–Trinajstić information content (AvgIpc) is 2.99. The number of aromatic nitrogens is 4. The van der Waals surface area contributed by atoms with Crippen LogP contribution in [0.25, 0.3) is 5.69 Å². The molecular weight excluding hydrogens is 264 g/mol. The molecule has 1 N–H and O–H groups in total. The molecular formula is C15H24N6. The van der Waals surface area contributed by atoms with Gasteiger partial charge in [-0.3, -0.25) is 0 Å². The lowest BCUT2D eigenvalue weighted by Gasteiger charge is -2.22. The van der Waals surface area contributed by atoms with Crippen molar-refractivity contribution in [2.75, 3.05) is 20.6 Å². The maximum atomic E-state index is 3.93. The predicted octanol–water partition coefficient (Wildman–Crippen LogP) is 1.65. The third-order valence-corrected chi connectivity index (χ3v) is 3.53. The highest BCUT2D eigenvalue weighted by molar-refractivity contribution is 5.35. The first kappa shape index (κ1) is 15.6. The molecule has 2 aromatic rings. The van der Waals surface area contributed by atoms with Crippen molar-refractivity contribution in [1.82, 2.24) is 30.4 Å². The Hall–Kier alpha value is -1.79. The molecule has 0 aliphatic rings. The van der Waals surface area contributed by atoms with E-state index in [9.17, 15) is 0 Å². The van der Waals surface area contributed by atoms with Crippen molar-refractivity contribution in [3.8, 4) is 5.69 Å². The summed E-state index contributed by atoms with van der Waals surface area (Å²) < 4.78 is 1.67. The molecule has 0 saturated heterocycles. The molecule has 0 amide bonds. The van der Waals surface area contributed by atoms with E-state index in [0.717, 1.165) is 18.7 Å². The summed E-state index contributed by atoms with van der Waals surface area (Å²) in [5, 5.41) is 14.9. The van der Waals surface area contributed by atoms with E-state index >= 15 is 0 Å². The fraction of sp³-hybridized carbons (Fsp3) is 0.533. The van der Waals surface area contributed by atoms with Gasteiger partial charge in [-0.2, -0.15) is 0 Å². The number of nitrogens with one attached hydrogen (secondary N) is 1. The van der Waals surface area contributed by atoms with Crippen LogP contribution in [0.1, 0.15) is 31.9 Å². The largest absolute Gasteiger partial charge is 0.309 e. The summed E-state index contributed by atoms with van der Waals surface area (Å²) in [5.41, 5.74) is 2.21. The van der Waals surface area contributed by atoms with Crippen LogP contribution in [0.15, 0.2) is 30.6 Å². The SMILES string of the molecule is CC(CCN(C)C)NC(C)c1cccc(-n2cnnn2)c1. The maximum absolute atomic E-state index is 3.93. The lowest BCUT2D eigenvalue weighted by molar-refractivity contribution is 0.354. The monoisotopic (exact) mass is 288 g/mol. The Kier molecular flexibility index (Phi) is 5.41. The first-order valence-electron chi connectivity index (χ1n) is 7.30. The van der Waals surface area contributed by atoms with E-state index in [4.69, 9.17) is 0 Å². The molecule has 0 aliphatic heterocycles. The van der Waals surface area contributed by atoms with E-state index < -0.39 is 0 Å². The van der Waals surface area contributed by atoms with Gasteiger partial charge in [0.05, 0.1) is 5.69 Å². The average molecular weight is 288 g/mol. The molecule has 21 heavy (non-hydrogen) atoms. The molecule has 6 heteroatoms. The van der Waals surface area contributed by atoms with Crippen molar-refractivity contribution < 1.29 is 0 Å². The van der Waals surface area contributed by atoms with Crippen LogP contribution in [-0.2, 0) is 0 Å². The van der Waals surface area contributed by atoms with Gasteiger partial charge in [-0.1, -0.05) is 12.1 Å². The van der Waals surface area contributed by atoms with Crippen LogP contribution < -0.4 is 5.32 Å². The standard InChI is InChI=1S/C15H24N6/c1-12(8-9-20(3)4)17-13(2)14-6-5-7-15(10-14)21-11-16-18-19-21/h5-7,10-13,17H,8-9H2,1-4H3. The zero-order chi connectivity index (χ0) is 15.2. The summed E-state index contributed by atoms with van der Waals surface area (Å²) in [7, 11) is 4.21. The van der Waals surface area contributed by atoms with Gasteiger partial charge in [0.1, 0.15) is 6.33 Å². The van der Waals surface area contributed by atoms with Crippen molar-refractivity contribution in [2.24, 2.45) is 0 Å². The molecule has 1 aromatic heterocycles. The normalized spacial score (nSPS) is 14.3. The van der Waals surface area contributed by atoms with Gasteiger partial charge in [-0.25, -0.2) is 4.68 Å². The second kappa shape index (κ2) is 7.28. The van der Waals surface area contributed by atoms with Crippen LogP contribution in [0.4, 0.5) is 0 Å². The van der Waals surface area contributed by atoms with Gasteiger partial charge >= 0.3 is 0 Å². The molecule has 6 nitrogen and oxygen atoms in total. The second-order valence-corrected chi connectivity index (χ2v) is 5.73. The lowest BCUT2D eigenvalue weighted by Crippen LogP contribution is -2.31. The van der Waals surface area contributed by atoms with Crippen molar-refractivity contribution >= 4 is 0 Å². The van der Waals surface area contributed by atoms with E-state index in [2.05, 4.69) is 65.8 Å². The molecule has 2 rings (SSSR count). The van der Waals surface area contributed by atoms with Gasteiger partial charge < -0.3 is 10.2 Å². The van der Waals surface area contributed by atoms with E-state index in [0.29, 0.717) is 12.1 Å². The van der Waals surface area contributed by atoms with Gasteiger partial charge in [0.15, 0.2) is 0 Å². The Morgan fingerprint density at radius 3 is 2.76 bits per heavy atom. The molecule has 1 heterocycles. The molecule has 2 atom stereocenters. The van der Waals surface area contributed by atoms with Gasteiger partial charge in [0.2, 0.25) is 0 Å². The summed E-state index contributed by atoms with van der Waals surface area (Å²) in [6, 6.07) is 9.05. The summed E-state index contributed by atoms with van der Waals surface area (Å²) in [5.74, 6) is 0. The van der Waals surface area contributed by atoms with Crippen molar-refractivity contribution in [3.05, 3.63) is 36.2 Å². The van der Waals surface area contributed by atoms with Crippen LogP contribution in [0.3, 0.4) is 0 Å². The minimum absolute atomic E-state index is 0.290. The summed E-state index contributed by atoms with van der Waals surface area (Å²) >= 11 is 0. The summed E-state index contributed by atoms with van der Waals surface area (Å²) in [6.07, 6.45) is 2.74. The molecule has 0 radical (unpaired) electrons. The first-order valence-corrected chi connectivity index (χ1v) is 7.30. The van der Waals surface area contributed by atoms with Gasteiger partial charge in [-0.05, 0) is 69.0 Å². The second-order valence-electron chi connectivity index (χ2n) is 5.73. The zero-order valence-corrected chi connectivity index (χ0v) is 13.2. The zero-order valence-electron chi connectivity index (χ0n) is 13.2. The Morgan fingerprint density at radius 1 is 1.29 bits per heavy atom. The van der Waals surface area contributed by atoms with Crippen LogP contribution in [0, 0.1) is 0 Å². The first-order chi connectivity index (χ1) is 10.1. The predicted molar refractivity (Wildman–Crippen MR) is 83.3 cm³/mol. The number of hydrogen-bond donors (Lipinski definition) is 1. The van der Waals surface area contributed by atoms with Crippen LogP contribution in [0.5, 0.6) is 0 Å². The van der Waals surface area contributed by atoms with Crippen LogP contribution in [-0.4, -0.2) is 51.8 Å². The van der Waals surface area contributed by atoms with Crippen molar-refractivity contribution in [3.63, 3.8) is 0 Å². The Morgan fingerprint density at radius 2 is 2.10 bits per heavy atom. The van der Waals surface area contributed by atoms with Crippen LogP contribution in [0.2, 0.25) is 0 Å². The van der Waals surface area contributed by atoms with E-state index in [-0.39, 0.29) is 0 Å². The number of tetrazole rings is 1. The fourth-order valence-electron chi connectivity index (χ4n) is 2.27. The molecule has 2 unspecified atom stereocenters. The minimum atomic E-state index is 0.290. The third kappa shape index (κ3) is 4.61. The number of hydrogen-bond acceptors (Lipinski definition) is 5. The van der Waals surface area contributed by atoms with Gasteiger partial charge in [0, 0.05) is 12.1 Å². The molecule has 114 valence electrons. The number of rotatable bonds is 7. The summed E-state index contributed by atoms with van der Waals surface area (Å²) in [4.78, 5) is 2.21. The van der Waals surface area contributed by atoms with Crippen LogP contribution >= 0.6 is 0 Å².